The lowest BCUT2D eigenvalue weighted by Crippen LogP contribution is -2.44. The van der Waals surface area contributed by atoms with E-state index in [1.54, 1.807) is 72.4 Å². The molecular formula is C32H33N7O6. The number of hydrogen-bond donors (Lipinski definition) is 4. The number of carbonyl (C=O) groups excluding carboxylic acids is 2. The van der Waals surface area contributed by atoms with Crippen molar-refractivity contribution in [3.63, 3.8) is 0 Å². The number of nitrogens with zero attached hydrogens (tertiary/aromatic N) is 5. The Labute approximate surface area is 258 Å². The summed E-state index contributed by atoms with van der Waals surface area (Å²) >= 11 is 0. The number of aryl methyl sites for hydroxylation is 1. The molecule has 0 bridgehead atoms. The second kappa shape index (κ2) is 13.1. The van der Waals surface area contributed by atoms with Crippen molar-refractivity contribution in [1.29, 1.82) is 0 Å². The highest BCUT2D eigenvalue weighted by molar-refractivity contribution is 6.07. The number of nitrogen functional groups attached to an aromatic ring is 1. The van der Waals surface area contributed by atoms with Gasteiger partial charge in [0.05, 0.1) is 22.8 Å². The summed E-state index contributed by atoms with van der Waals surface area (Å²) in [6.45, 7) is 2.26. The standard InChI is InChI=1S/C32H33N7O6/c1-21(4-2-3-16-37-20-26(15-17-40)35-36-37)32(43)28-18-27(39(44)45)13-14-29(28)38(31(32)42)19-22-5-11-25(12-6-22)34-30(41)23-7-9-24(33)10-8-23/h2,4-14,18,20-21,40,43H,3,15-17,19,33H2,1H3,(H,34,41)/b4-2+/t21-,32+/m1/s1. The quantitative estimate of drug-likeness (QED) is 0.0803. The van der Waals surface area contributed by atoms with Crippen molar-refractivity contribution in [1.82, 2.24) is 15.0 Å². The molecule has 13 nitrogen and oxygen atoms in total. The molecule has 5 rings (SSSR count). The molecule has 3 aromatic carbocycles. The van der Waals surface area contributed by atoms with Gasteiger partial charge in [-0.25, -0.2) is 0 Å². The van der Waals surface area contributed by atoms with Gasteiger partial charge in [0.1, 0.15) is 0 Å². The largest absolute Gasteiger partial charge is 0.399 e. The van der Waals surface area contributed by atoms with Crippen molar-refractivity contribution in [2.45, 2.75) is 38.5 Å². The van der Waals surface area contributed by atoms with Crippen molar-refractivity contribution >= 4 is 34.6 Å². The highest BCUT2D eigenvalue weighted by Gasteiger charge is 2.53. The van der Waals surface area contributed by atoms with Crippen LogP contribution < -0.4 is 16.0 Å². The van der Waals surface area contributed by atoms with E-state index in [0.29, 0.717) is 47.7 Å². The molecule has 4 aromatic rings. The average molecular weight is 612 g/mol. The molecule has 0 fully saturated rings. The van der Waals surface area contributed by atoms with Gasteiger partial charge in [-0.15, -0.1) is 5.10 Å². The van der Waals surface area contributed by atoms with Crippen LogP contribution in [0, 0.1) is 16.0 Å². The highest BCUT2D eigenvalue weighted by atomic mass is 16.6. The fourth-order valence-corrected chi connectivity index (χ4v) is 5.24. The Morgan fingerprint density at radius 2 is 1.89 bits per heavy atom. The van der Waals surface area contributed by atoms with E-state index in [1.165, 1.54) is 23.1 Å². The number of aliphatic hydroxyl groups excluding tert-OH is 1. The minimum absolute atomic E-state index is 0.0196. The van der Waals surface area contributed by atoms with Gasteiger partial charge in [-0.1, -0.05) is 36.4 Å². The summed E-state index contributed by atoms with van der Waals surface area (Å²) in [7, 11) is 0. The van der Waals surface area contributed by atoms with Gasteiger partial charge >= 0.3 is 0 Å². The van der Waals surface area contributed by atoms with Gasteiger partial charge in [-0.2, -0.15) is 0 Å². The topological polar surface area (TPSA) is 190 Å². The summed E-state index contributed by atoms with van der Waals surface area (Å²) in [4.78, 5) is 38.9. The summed E-state index contributed by atoms with van der Waals surface area (Å²) in [6.07, 6.45) is 6.22. The zero-order valence-electron chi connectivity index (χ0n) is 24.5. The van der Waals surface area contributed by atoms with Crippen molar-refractivity contribution in [2.75, 3.05) is 22.6 Å². The van der Waals surface area contributed by atoms with Crippen molar-refractivity contribution in [3.05, 3.63) is 118 Å². The number of nitro groups is 1. The molecule has 0 radical (unpaired) electrons. The average Bonchev–Trinajstić information content (AvgIpc) is 3.57. The van der Waals surface area contributed by atoms with E-state index < -0.39 is 22.3 Å². The van der Waals surface area contributed by atoms with Gasteiger partial charge in [0.25, 0.3) is 17.5 Å². The number of fused-ring (bicyclic) bond motifs is 1. The summed E-state index contributed by atoms with van der Waals surface area (Å²) in [5, 5.41) is 43.4. The Balaban J connectivity index is 1.32. The molecule has 232 valence electrons. The maximum atomic E-state index is 13.9. The number of aromatic nitrogens is 3. The van der Waals surface area contributed by atoms with Crippen LogP contribution in [0.2, 0.25) is 0 Å². The third-order valence-corrected chi connectivity index (χ3v) is 7.75. The van der Waals surface area contributed by atoms with Crippen LogP contribution in [-0.2, 0) is 29.9 Å². The van der Waals surface area contributed by atoms with Gasteiger partial charge in [0.15, 0.2) is 5.60 Å². The van der Waals surface area contributed by atoms with E-state index in [4.69, 9.17) is 10.8 Å². The molecule has 0 unspecified atom stereocenters. The maximum absolute atomic E-state index is 13.9. The van der Waals surface area contributed by atoms with E-state index >= 15 is 0 Å². The first kappa shape index (κ1) is 31.0. The summed E-state index contributed by atoms with van der Waals surface area (Å²) < 4.78 is 1.64. The molecule has 45 heavy (non-hydrogen) atoms. The lowest BCUT2D eigenvalue weighted by molar-refractivity contribution is -0.385. The van der Waals surface area contributed by atoms with Crippen LogP contribution in [0.15, 0.2) is 85.1 Å². The van der Waals surface area contributed by atoms with Gasteiger partial charge in [-0.05, 0) is 54.4 Å². The molecule has 13 heteroatoms. The first-order valence-corrected chi connectivity index (χ1v) is 14.4. The van der Waals surface area contributed by atoms with Crippen molar-refractivity contribution in [3.8, 4) is 0 Å². The minimum atomic E-state index is -2.04. The first-order valence-electron chi connectivity index (χ1n) is 14.4. The van der Waals surface area contributed by atoms with Gasteiger partial charge in [0, 0.05) is 66.3 Å². The summed E-state index contributed by atoms with van der Waals surface area (Å²) in [6, 6.07) is 17.5. The molecule has 0 saturated carbocycles. The number of nitrogens with two attached hydrogens (primary N) is 1. The van der Waals surface area contributed by atoms with Crippen LogP contribution in [0.3, 0.4) is 0 Å². The number of rotatable bonds is 12. The van der Waals surface area contributed by atoms with E-state index in [1.807, 2.05) is 6.08 Å². The number of allylic oxidation sites excluding steroid dienone is 1. The normalized spacial score (nSPS) is 16.6. The molecule has 2 atom stereocenters. The second-order valence-corrected chi connectivity index (χ2v) is 10.8. The molecule has 1 aromatic heterocycles. The molecule has 0 saturated heterocycles. The third-order valence-electron chi connectivity index (χ3n) is 7.75. The Kier molecular flexibility index (Phi) is 9.02. The zero-order chi connectivity index (χ0) is 32.1. The molecule has 0 aliphatic carbocycles. The van der Waals surface area contributed by atoms with E-state index in [-0.39, 0.29) is 30.3 Å². The van der Waals surface area contributed by atoms with Gasteiger partial charge in [-0.3, -0.25) is 24.4 Å². The second-order valence-electron chi connectivity index (χ2n) is 10.8. The lowest BCUT2D eigenvalue weighted by atomic mass is 9.82. The lowest BCUT2D eigenvalue weighted by Gasteiger charge is -2.27. The Morgan fingerprint density at radius 3 is 2.58 bits per heavy atom. The number of aliphatic hydroxyl groups is 2. The number of benzene rings is 3. The van der Waals surface area contributed by atoms with Crippen LogP contribution in [0.5, 0.6) is 0 Å². The summed E-state index contributed by atoms with van der Waals surface area (Å²) in [5.41, 5.74) is 6.93. The zero-order valence-corrected chi connectivity index (χ0v) is 24.5. The van der Waals surface area contributed by atoms with Gasteiger partial charge in [0.2, 0.25) is 0 Å². The van der Waals surface area contributed by atoms with Crippen LogP contribution in [0.4, 0.5) is 22.7 Å². The monoisotopic (exact) mass is 611 g/mol. The highest BCUT2D eigenvalue weighted by Crippen LogP contribution is 2.47. The summed E-state index contributed by atoms with van der Waals surface area (Å²) in [5.74, 6) is -1.61. The molecule has 1 aliphatic rings. The van der Waals surface area contributed by atoms with E-state index in [0.717, 1.165) is 5.56 Å². The third kappa shape index (κ3) is 6.59. The van der Waals surface area contributed by atoms with Crippen LogP contribution >= 0.6 is 0 Å². The number of nitro benzene ring substituents is 1. The van der Waals surface area contributed by atoms with Crippen LogP contribution in [0.25, 0.3) is 0 Å². The Bertz CT molecular complexity index is 1740. The number of hydrogen-bond acceptors (Lipinski definition) is 9. The SMILES string of the molecule is C[C@H](/C=C/CCn1cc(CCO)nn1)[C@@]1(O)C(=O)N(Cc2ccc(NC(=O)c3ccc(N)cc3)cc2)c2ccc([N+](=O)[O-])cc21. The van der Waals surface area contributed by atoms with Gasteiger partial charge < -0.3 is 26.2 Å². The molecule has 5 N–H and O–H groups in total. The maximum Gasteiger partial charge on any atom is 0.269 e. The van der Waals surface area contributed by atoms with E-state index in [9.17, 15) is 24.8 Å². The Hall–Kier alpha value is -5.40. The van der Waals surface area contributed by atoms with Crippen LogP contribution in [0.1, 0.15) is 40.5 Å². The molecule has 2 heterocycles. The molecular weight excluding hydrogens is 578 g/mol. The smallest absolute Gasteiger partial charge is 0.269 e. The number of carbonyl (C=O) groups is 2. The predicted molar refractivity (Wildman–Crippen MR) is 167 cm³/mol. The van der Waals surface area contributed by atoms with Crippen molar-refractivity contribution < 1.29 is 24.7 Å². The number of non-ortho nitro benzene ring substituents is 1. The number of anilines is 3. The van der Waals surface area contributed by atoms with Crippen LogP contribution in [-0.4, -0.2) is 48.6 Å². The molecule has 0 spiro atoms. The molecule has 1 aliphatic heterocycles. The molecule has 2 amide bonds. The fraction of sp³-hybridized carbons (Fsp3) is 0.250. The predicted octanol–water partition coefficient (Wildman–Crippen LogP) is 3.57. The Morgan fingerprint density at radius 1 is 1.16 bits per heavy atom. The minimum Gasteiger partial charge on any atom is -0.399 e. The van der Waals surface area contributed by atoms with E-state index in [2.05, 4.69) is 15.6 Å². The number of nitrogens with one attached hydrogen (secondary N) is 1. The van der Waals surface area contributed by atoms with Crippen molar-refractivity contribution in [2.24, 2.45) is 5.92 Å². The first-order chi connectivity index (χ1) is 21.6. The number of amides is 2. The fourth-order valence-electron chi connectivity index (χ4n) is 5.24.